The lowest BCUT2D eigenvalue weighted by molar-refractivity contribution is 0.0786. The number of carbonyl (C=O) groups is 1. The van der Waals surface area contributed by atoms with Crippen LogP contribution in [0.4, 0.5) is 4.39 Å². The molecule has 0 atom stereocenters. The van der Waals surface area contributed by atoms with E-state index in [2.05, 4.69) is 0 Å². The highest BCUT2D eigenvalue weighted by molar-refractivity contribution is 6.07. The molecular weight excluding hydrogens is 243 g/mol. The number of nitriles is 1. The molecule has 0 heterocycles. The van der Waals surface area contributed by atoms with Crippen molar-refractivity contribution in [2.75, 3.05) is 13.1 Å². The van der Waals surface area contributed by atoms with Gasteiger partial charge in [0, 0.05) is 17.5 Å². The van der Waals surface area contributed by atoms with Gasteiger partial charge in [-0.3, -0.25) is 4.79 Å². The molecule has 0 saturated heterocycles. The molecule has 1 amide bonds. The maximum Gasteiger partial charge on any atom is 0.255 e. The largest absolute Gasteiger partial charge is 0.326 e. The summed E-state index contributed by atoms with van der Waals surface area (Å²) in [5, 5.41) is 9.71. The van der Waals surface area contributed by atoms with Crippen LogP contribution in [0.15, 0.2) is 36.4 Å². The monoisotopic (exact) mass is 256 g/mol. The summed E-state index contributed by atoms with van der Waals surface area (Å²) < 4.78 is 13.7. The molecule has 0 saturated carbocycles. The molecule has 0 radical (unpaired) electrons. The summed E-state index contributed by atoms with van der Waals surface area (Å²) in [5.41, 5.74) is 0.425. The summed E-state index contributed by atoms with van der Waals surface area (Å²) in [7, 11) is 0. The summed E-state index contributed by atoms with van der Waals surface area (Å²) in [6, 6.07) is 11.6. The number of amides is 1. The minimum absolute atomic E-state index is 0.0288. The van der Waals surface area contributed by atoms with E-state index in [0.29, 0.717) is 22.9 Å². The first-order chi connectivity index (χ1) is 9.19. The Kier molecular flexibility index (Phi) is 3.76. The topological polar surface area (TPSA) is 44.1 Å². The van der Waals surface area contributed by atoms with E-state index in [0.717, 1.165) is 0 Å². The number of rotatable bonds is 3. The van der Waals surface area contributed by atoms with Gasteiger partial charge in [0.1, 0.15) is 12.4 Å². The highest BCUT2D eigenvalue weighted by atomic mass is 19.1. The first-order valence-electron chi connectivity index (χ1n) is 6.02. The number of nitrogens with zero attached hydrogens (tertiary/aromatic N) is 2. The normalized spacial score (nSPS) is 10.2. The van der Waals surface area contributed by atoms with Gasteiger partial charge in [0.2, 0.25) is 0 Å². The van der Waals surface area contributed by atoms with Crippen molar-refractivity contribution in [3.05, 3.63) is 47.8 Å². The zero-order chi connectivity index (χ0) is 13.8. The molecule has 0 aliphatic rings. The Morgan fingerprint density at radius 2 is 1.95 bits per heavy atom. The quantitative estimate of drug-likeness (QED) is 0.792. The molecule has 2 aromatic rings. The van der Waals surface area contributed by atoms with Crippen molar-refractivity contribution < 1.29 is 9.18 Å². The van der Waals surface area contributed by atoms with E-state index in [9.17, 15) is 9.18 Å². The minimum atomic E-state index is -0.351. The number of halogens is 1. The van der Waals surface area contributed by atoms with Crippen molar-refractivity contribution in [2.45, 2.75) is 6.92 Å². The van der Waals surface area contributed by atoms with Crippen molar-refractivity contribution in [3.8, 4) is 6.07 Å². The van der Waals surface area contributed by atoms with Gasteiger partial charge in [-0.2, -0.15) is 5.26 Å². The third kappa shape index (κ3) is 2.41. The molecule has 0 unspecified atom stereocenters. The molecule has 96 valence electrons. The molecular formula is C15H13FN2O. The van der Waals surface area contributed by atoms with Crippen molar-refractivity contribution in [3.63, 3.8) is 0 Å². The predicted octanol–water partition coefficient (Wildman–Crippen LogP) is 2.96. The standard InChI is InChI=1S/C15H13FN2O/c1-2-18(10-9-17)15(19)13-7-8-14(16)12-6-4-3-5-11(12)13/h3-8H,2,10H2,1H3. The molecule has 0 bridgehead atoms. The van der Waals surface area contributed by atoms with Gasteiger partial charge < -0.3 is 4.90 Å². The lowest BCUT2D eigenvalue weighted by Gasteiger charge is -2.18. The average Bonchev–Trinajstić information content (AvgIpc) is 2.45. The number of hydrogen-bond donors (Lipinski definition) is 0. The fraction of sp³-hybridized carbons (Fsp3) is 0.200. The zero-order valence-electron chi connectivity index (χ0n) is 10.6. The minimum Gasteiger partial charge on any atom is -0.326 e. The summed E-state index contributed by atoms with van der Waals surface area (Å²) in [6.45, 7) is 2.28. The van der Waals surface area contributed by atoms with E-state index in [1.54, 1.807) is 31.2 Å². The lowest BCUT2D eigenvalue weighted by atomic mass is 10.0. The fourth-order valence-electron chi connectivity index (χ4n) is 2.03. The number of benzene rings is 2. The second kappa shape index (κ2) is 5.49. The summed E-state index contributed by atoms with van der Waals surface area (Å²) in [4.78, 5) is 13.8. The second-order valence-corrected chi connectivity index (χ2v) is 4.12. The molecule has 4 heteroatoms. The van der Waals surface area contributed by atoms with Gasteiger partial charge >= 0.3 is 0 Å². The lowest BCUT2D eigenvalue weighted by Crippen LogP contribution is -2.31. The number of carbonyl (C=O) groups excluding carboxylic acids is 1. The van der Waals surface area contributed by atoms with Crippen molar-refractivity contribution >= 4 is 16.7 Å². The van der Waals surface area contributed by atoms with Gasteiger partial charge in [0.05, 0.1) is 6.07 Å². The van der Waals surface area contributed by atoms with Crippen LogP contribution in [0.1, 0.15) is 17.3 Å². The SMILES string of the molecule is CCN(CC#N)C(=O)c1ccc(F)c2ccccc12. The zero-order valence-corrected chi connectivity index (χ0v) is 10.6. The Balaban J connectivity index is 2.54. The van der Waals surface area contributed by atoms with Crippen LogP contribution >= 0.6 is 0 Å². The molecule has 0 spiro atoms. The van der Waals surface area contributed by atoms with Crippen LogP contribution in [0.5, 0.6) is 0 Å². The van der Waals surface area contributed by atoms with Crippen LogP contribution < -0.4 is 0 Å². The van der Waals surface area contributed by atoms with E-state index < -0.39 is 0 Å². The van der Waals surface area contributed by atoms with Crippen LogP contribution in [-0.2, 0) is 0 Å². The molecule has 0 N–H and O–H groups in total. The molecule has 0 aliphatic carbocycles. The van der Waals surface area contributed by atoms with Crippen LogP contribution in [0.25, 0.3) is 10.8 Å². The van der Waals surface area contributed by atoms with Gasteiger partial charge in [-0.05, 0) is 24.4 Å². The number of hydrogen-bond acceptors (Lipinski definition) is 2. The Morgan fingerprint density at radius 1 is 1.26 bits per heavy atom. The molecule has 3 nitrogen and oxygen atoms in total. The van der Waals surface area contributed by atoms with Gasteiger partial charge in [-0.15, -0.1) is 0 Å². The Labute approximate surface area is 110 Å². The van der Waals surface area contributed by atoms with Crippen LogP contribution in [0.3, 0.4) is 0 Å². The molecule has 19 heavy (non-hydrogen) atoms. The Hall–Kier alpha value is -2.41. The van der Waals surface area contributed by atoms with E-state index >= 15 is 0 Å². The highest BCUT2D eigenvalue weighted by Gasteiger charge is 2.17. The first kappa shape index (κ1) is 13.0. The smallest absolute Gasteiger partial charge is 0.255 e. The summed E-state index contributed by atoms with van der Waals surface area (Å²) in [5.74, 6) is -0.601. The average molecular weight is 256 g/mol. The summed E-state index contributed by atoms with van der Waals surface area (Å²) in [6.07, 6.45) is 0. The Bertz CT molecular complexity index is 661. The highest BCUT2D eigenvalue weighted by Crippen LogP contribution is 2.22. The van der Waals surface area contributed by atoms with Crippen molar-refractivity contribution in [1.82, 2.24) is 4.90 Å². The molecule has 0 fully saturated rings. The first-order valence-corrected chi connectivity index (χ1v) is 6.02. The molecule has 0 aliphatic heterocycles. The van der Waals surface area contributed by atoms with E-state index in [-0.39, 0.29) is 18.3 Å². The van der Waals surface area contributed by atoms with Gasteiger partial charge in [-0.25, -0.2) is 4.39 Å². The summed E-state index contributed by atoms with van der Waals surface area (Å²) >= 11 is 0. The third-order valence-corrected chi connectivity index (χ3v) is 3.03. The van der Waals surface area contributed by atoms with E-state index in [4.69, 9.17) is 5.26 Å². The van der Waals surface area contributed by atoms with E-state index in [1.807, 2.05) is 6.07 Å². The van der Waals surface area contributed by atoms with Crippen LogP contribution in [0.2, 0.25) is 0 Å². The van der Waals surface area contributed by atoms with Crippen molar-refractivity contribution in [1.29, 1.82) is 5.26 Å². The fourth-order valence-corrected chi connectivity index (χ4v) is 2.03. The predicted molar refractivity (Wildman–Crippen MR) is 71.1 cm³/mol. The van der Waals surface area contributed by atoms with Gasteiger partial charge in [0.25, 0.3) is 5.91 Å². The van der Waals surface area contributed by atoms with Gasteiger partial charge in [0.15, 0.2) is 0 Å². The van der Waals surface area contributed by atoms with Gasteiger partial charge in [-0.1, -0.05) is 24.3 Å². The van der Waals surface area contributed by atoms with Crippen molar-refractivity contribution in [2.24, 2.45) is 0 Å². The molecule has 0 aromatic heterocycles. The third-order valence-electron chi connectivity index (χ3n) is 3.03. The van der Waals surface area contributed by atoms with Crippen LogP contribution in [-0.4, -0.2) is 23.9 Å². The molecule has 2 aromatic carbocycles. The maximum atomic E-state index is 13.7. The van der Waals surface area contributed by atoms with E-state index in [1.165, 1.54) is 17.0 Å². The maximum absolute atomic E-state index is 13.7. The Morgan fingerprint density at radius 3 is 2.58 bits per heavy atom. The van der Waals surface area contributed by atoms with Crippen LogP contribution in [0, 0.1) is 17.1 Å². The second-order valence-electron chi connectivity index (χ2n) is 4.12. The molecule has 2 rings (SSSR count). The number of fused-ring (bicyclic) bond motifs is 1.